The number of carbonyl (C=O) groups is 2. The molecule has 0 spiro atoms. The average molecular weight is 215 g/mol. The highest BCUT2D eigenvalue weighted by molar-refractivity contribution is 6.22. The molecule has 3 nitrogen and oxygen atoms in total. The standard InChI is InChI=1S/C13H13NO2/c1-3-6-9(2)14-12(15)10-7-4-5-8-11(10)13(14)16/h4-8H,3H2,1-2H3/b9-6+. The lowest BCUT2D eigenvalue weighted by Crippen LogP contribution is -2.27. The van der Waals surface area contributed by atoms with Crippen molar-refractivity contribution in [2.45, 2.75) is 20.3 Å². The van der Waals surface area contributed by atoms with Gasteiger partial charge in [0.05, 0.1) is 11.1 Å². The van der Waals surface area contributed by atoms with Gasteiger partial charge in [-0.05, 0) is 25.5 Å². The molecule has 0 fully saturated rings. The Morgan fingerprint density at radius 1 is 1.19 bits per heavy atom. The molecule has 0 bridgehead atoms. The van der Waals surface area contributed by atoms with Crippen molar-refractivity contribution in [3.63, 3.8) is 0 Å². The van der Waals surface area contributed by atoms with Crippen LogP contribution in [0, 0.1) is 0 Å². The molecule has 1 heterocycles. The van der Waals surface area contributed by atoms with Gasteiger partial charge in [0.15, 0.2) is 0 Å². The fourth-order valence-electron chi connectivity index (χ4n) is 1.90. The molecule has 1 aliphatic heterocycles. The number of hydrogen-bond donors (Lipinski definition) is 0. The van der Waals surface area contributed by atoms with Crippen molar-refractivity contribution >= 4 is 11.8 Å². The minimum atomic E-state index is -0.220. The van der Waals surface area contributed by atoms with Crippen LogP contribution in [-0.4, -0.2) is 16.7 Å². The van der Waals surface area contributed by atoms with Crippen molar-refractivity contribution in [2.75, 3.05) is 0 Å². The van der Waals surface area contributed by atoms with E-state index in [-0.39, 0.29) is 11.8 Å². The number of rotatable bonds is 2. The maximum atomic E-state index is 12.0. The summed E-state index contributed by atoms with van der Waals surface area (Å²) in [7, 11) is 0. The minimum absolute atomic E-state index is 0.220. The lowest BCUT2D eigenvalue weighted by atomic mass is 10.1. The summed E-state index contributed by atoms with van der Waals surface area (Å²) in [4.78, 5) is 25.2. The highest BCUT2D eigenvalue weighted by Crippen LogP contribution is 2.25. The van der Waals surface area contributed by atoms with Gasteiger partial charge in [-0.3, -0.25) is 9.59 Å². The lowest BCUT2D eigenvalue weighted by molar-refractivity contribution is 0.0704. The Kier molecular flexibility index (Phi) is 2.60. The Morgan fingerprint density at radius 2 is 1.69 bits per heavy atom. The van der Waals surface area contributed by atoms with Gasteiger partial charge in [-0.2, -0.15) is 0 Å². The number of carbonyl (C=O) groups excluding carboxylic acids is 2. The number of fused-ring (bicyclic) bond motifs is 1. The molecule has 2 amide bonds. The highest BCUT2D eigenvalue weighted by atomic mass is 16.2. The van der Waals surface area contributed by atoms with E-state index < -0.39 is 0 Å². The quantitative estimate of drug-likeness (QED) is 0.711. The largest absolute Gasteiger partial charge is 0.268 e. The predicted molar refractivity (Wildman–Crippen MR) is 61.0 cm³/mol. The van der Waals surface area contributed by atoms with Crippen molar-refractivity contribution in [2.24, 2.45) is 0 Å². The molecule has 0 atom stereocenters. The molecule has 0 unspecified atom stereocenters. The summed E-state index contributed by atoms with van der Waals surface area (Å²) in [5.41, 5.74) is 1.70. The molecular formula is C13H13NO2. The van der Waals surface area contributed by atoms with Crippen LogP contribution in [0.15, 0.2) is 36.0 Å². The van der Waals surface area contributed by atoms with Gasteiger partial charge in [-0.1, -0.05) is 25.1 Å². The first kappa shape index (κ1) is 10.6. The molecule has 3 heteroatoms. The molecule has 0 aromatic heterocycles. The topological polar surface area (TPSA) is 37.4 Å². The first-order valence-corrected chi connectivity index (χ1v) is 5.31. The molecule has 1 aromatic rings. The molecule has 82 valence electrons. The molecule has 0 saturated carbocycles. The summed E-state index contributed by atoms with van der Waals surface area (Å²) in [6.07, 6.45) is 2.68. The van der Waals surface area contributed by atoms with E-state index in [4.69, 9.17) is 0 Å². The van der Waals surface area contributed by atoms with Gasteiger partial charge in [-0.15, -0.1) is 0 Å². The molecule has 2 rings (SSSR count). The van der Waals surface area contributed by atoms with E-state index in [1.54, 1.807) is 31.2 Å². The zero-order valence-corrected chi connectivity index (χ0v) is 9.36. The normalized spacial score (nSPS) is 15.6. The Morgan fingerprint density at radius 3 is 2.12 bits per heavy atom. The number of allylic oxidation sites excluding steroid dienone is 2. The molecule has 1 aliphatic rings. The monoisotopic (exact) mass is 215 g/mol. The van der Waals surface area contributed by atoms with Crippen LogP contribution in [0.1, 0.15) is 41.0 Å². The van der Waals surface area contributed by atoms with Gasteiger partial charge < -0.3 is 0 Å². The van der Waals surface area contributed by atoms with Crippen LogP contribution in [-0.2, 0) is 0 Å². The third kappa shape index (κ3) is 1.45. The molecule has 0 aliphatic carbocycles. The number of amides is 2. The highest BCUT2D eigenvalue weighted by Gasteiger charge is 2.35. The number of benzene rings is 1. The van der Waals surface area contributed by atoms with Crippen LogP contribution in [0.4, 0.5) is 0 Å². The van der Waals surface area contributed by atoms with Crippen LogP contribution in [0.3, 0.4) is 0 Å². The summed E-state index contributed by atoms with van der Waals surface area (Å²) in [5, 5.41) is 0. The van der Waals surface area contributed by atoms with Gasteiger partial charge >= 0.3 is 0 Å². The second-order valence-corrected chi connectivity index (χ2v) is 3.75. The number of imide groups is 1. The predicted octanol–water partition coefficient (Wildman–Crippen LogP) is 2.60. The zero-order valence-electron chi connectivity index (χ0n) is 9.36. The van der Waals surface area contributed by atoms with Crippen molar-refractivity contribution in [1.82, 2.24) is 4.90 Å². The van der Waals surface area contributed by atoms with E-state index in [0.717, 1.165) is 6.42 Å². The second kappa shape index (κ2) is 3.93. The lowest BCUT2D eigenvalue weighted by Gasteiger charge is -2.13. The van der Waals surface area contributed by atoms with E-state index in [2.05, 4.69) is 0 Å². The first-order chi connectivity index (χ1) is 7.66. The summed E-state index contributed by atoms with van der Waals surface area (Å²) < 4.78 is 0. The molecular weight excluding hydrogens is 202 g/mol. The molecule has 16 heavy (non-hydrogen) atoms. The maximum Gasteiger partial charge on any atom is 0.265 e. The van der Waals surface area contributed by atoms with E-state index >= 15 is 0 Å². The summed E-state index contributed by atoms with van der Waals surface area (Å²) in [6, 6.07) is 6.92. The fraction of sp³-hybridized carbons (Fsp3) is 0.231. The van der Waals surface area contributed by atoms with Crippen molar-refractivity contribution in [1.29, 1.82) is 0 Å². The third-order valence-electron chi connectivity index (χ3n) is 2.65. The Balaban J connectivity index is 2.47. The van der Waals surface area contributed by atoms with Crippen molar-refractivity contribution in [3.8, 4) is 0 Å². The summed E-state index contributed by atoms with van der Waals surface area (Å²) in [5.74, 6) is -0.439. The summed E-state index contributed by atoms with van der Waals surface area (Å²) in [6.45, 7) is 3.76. The number of nitrogens with zero attached hydrogens (tertiary/aromatic N) is 1. The third-order valence-corrected chi connectivity index (χ3v) is 2.65. The first-order valence-electron chi connectivity index (χ1n) is 5.31. The Bertz CT molecular complexity index is 453. The van der Waals surface area contributed by atoms with Crippen LogP contribution >= 0.6 is 0 Å². The second-order valence-electron chi connectivity index (χ2n) is 3.75. The van der Waals surface area contributed by atoms with E-state index in [1.807, 2.05) is 13.0 Å². The van der Waals surface area contributed by atoms with Crippen LogP contribution in [0.25, 0.3) is 0 Å². The van der Waals surface area contributed by atoms with Crippen LogP contribution in [0.2, 0.25) is 0 Å². The smallest absolute Gasteiger partial charge is 0.265 e. The number of hydrogen-bond acceptors (Lipinski definition) is 2. The van der Waals surface area contributed by atoms with E-state index in [9.17, 15) is 9.59 Å². The maximum absolute atomic E-state index is 12.0. The van der Waals surface area contributed by atoms with Gasteiger partial charge in [-0.25, -0.2) is 4.90 Å². The average Bonchev–Trinajstić information content (AvgIpc) is 2.53. The van der Waals surface area contributed by atoms with Gasteiger partial charge in [0.2, 0.25) is 0 Å². The Hall–Kier alpha value is -1.90. The zero-order chi connectivity index (χ0) is 11.7. The minimum Gasteiger partial charge on any atom is -0.268 e. The fourth-order valence-corrected chi connectivity index (χ4v) is 1.90. The summed E-state index contributed by atoms with van der Waals surface area (Å²) >= 11 is 0. The van der Waals surface area contributed by atoms with Gasteiger partial charge in [0, 0.05) is 5.70 Å². The van der Waals surface area contributed by atoms with Gasteiger partial charge in [0.1, 0.15) is 0 Å². The molecule has 0 saturated heterocycles. The van der Waals surface area contributed by atoms with Crippen molar-refractivity contribution in [3.05, 3.63) is 47.2 Å². The molecule has 0 N–H and O–H groups in total. The van der Waals surface area contributed by atoms with Crippen molar-refractivity contribution < 1.29 is 9.59 Å². The van der Waals surface area contributed by atoms with Crippen LogP contribution < -0.4 is 0 Å². The van der Waals surface area contributed by atoms with Crippen LogP contribution in [0.5, 0.6) is 0 Å². The van der Waals surface area contributed by atoms with E-state index in [1.165, 1.54) is 4.90 Å². The SMILES string of the molecule is CC/C=C(\C)N1C(=O)c2ccccc2C1=O. The molecule has 1 aromatic carbocycles. The Labute approximate surface area is 94.4 Å². The van der Waals surface area contributed by atoms with Gasteiger partial charge in [0.25, 0.3) is 11.8 Å². The van der Waals surface area contributed by atoms with E-state index in [0.29, 0.717) is 16.8 Å². The molecule has 0 radical (unpaired) electrons.